The topological polar surface area (TPSA) is 108 Å². The van der Waals surface area contributed by atoms with Crippen LogP contribution in [0.15, 0.2) is 24.3 Å². The van der Waals surface area contributed by atoms with Gasteiger partial charge in [-0.25, -0.2) is 4.79 Å². The minimum Gasteiger partial charge on any atom is -0.444 e. The van der Waals surface area contributed by atoms with Gasteiger partial charge in [-0.05, 0) is 50.7 Å². The zero-order chi connectivity index (χ0) is 26.6. The first-order valence-corrected chi connectivity index (χ1v) is 12.8. The van der Waals surface area contributed by atoms with Gasteiger partial charge in [-0.2, -0.15) is 0 Å². The number of aliphatic hydroxyl groups excluding tert-OH is 1. The van der Waals surface area contributed by atoms with E-state index >= 15 is 0 Å². The van der Waals surface area contributed by atoms with E-state index in [0.29, 0.717) is 18.5 Å². The Bertz CT molecular complexity index is 804. The lowest BCUT2D eigenvalue weighted by molar-refractivity contribution is -0.144. The molecule has 0 bridgehead atoms. The molecule has 0 spiro atoms. The van der Waals surface area contributed by atoms with Crippen LogP contribution < -0.4 is 10.6 Å². The average molecular weight is 492 g/mol. The number of carbonyl (C=O) groups is 3. The second-order valence-corrected chi connectivity index (χ2v) is 9.91. The van der Waals surface area contributed by atoms with Crippen molar-refractivity contribution in [2.75, 3.05) is 19.7 Å². The van der Waals surface area contributed by atoms with Crippen LogP contribution in [0.25, 0.3) is 0 Å². The van der Waals surface area contributed by atoms with Crippen LogP contribution in [0.1, 0.15) is 84.9 Å². The molecule has 0 saturated heterocycles. The SMILES string of the molecule is CCCCNC(=O)C(c1ccc(CC)cc1)N(CCO)C(=O)C(NC(=O)OC(C)(C)C)C(C)CC. The van der Waals surface area contributed by atoms with Crippen LogP contribution in [0, 0.1) is 5.92 Å². The number of benzene rings is 1. The highest BCUT2D eigenvalue weighted by molar-refractivity contribution is 5.92. The average Bonchev–Trinajstić information content (AvgIpc) is 2.80. The van der Waals surface area contributed by atoms with E-state index in [9.17, 15) is 19.5 Å². The highest BCUT2D eigenvalue weighted by atomic mass is 16.6. The maximum atomic E-state index is 13.9. The lowest BCUT2D eigenvalue weighted by Crippen LogP contribution is -2.55. The van der Waals surface area contributed by atoms with E-state index in [1.807, 2.05) is 52.0 Å². The molecule has 0 aliphatic rings. The van der Waals surface area contributed by atoms with E-state index in [4.69, 9.17) is 4.74 Å². The van der Waals surface area contributed by atoms with Gasteiger partial charge in [0.15, 0.2) is 0 Å². The number of carbonyl (C=O) groups excluding carboxylic acids is 3. The van der Waals surface area contributed by atoms with Crippen molar-refractivity contribution in [1.29, 1.82) is 0 Å². The largest absolute Gasteiger partial charge is 0.444 e. The summed E-state index contributed by atoms with van der Waals surface area (Å²) in [7, 11) is 0. The molecule has 0 fully saturated rings. The summed E-state index contributed by atoms with van der Waals surface area (Å²) < 4.78 is 5.39. The molecule has 198 valence electrons. The number of hydrogen-bond acceptors (Lipinski definition) is 5. The summed E-state index contributed by atoms with van der Waals surface area (Å²) in [5.74, 6) is -0.971. The van der Waals surface area contributed by atoms with Crippen LogP contribution >= 0.6 is 0 Å². The van der Waals surface area contributed by atoms with Gasteiger partial charge >= 0.3 is 6.09 Å². The number of nitrogens with one attached hydrogen (secondary N) is 2. The van der Waals surface area contributed by atoms with Crippen LogP contribution in [-0.4, -0.2) is 59.3 Å². The third-order valence-electron chi connectivity index (χ3n) is 5.87. The zero-order valence-electron chi connectivity index (χ0n) is 22.5. The van der Waals surface area contributed by atoms with Crippen molar-refractivity contribution in [2.24, 2.45) is 5.92 Å². The lowest BCUT2D eigenvalue weighted by Gasteiger charge is -2.35. The highest BCUT2D eigenvalue weighted by Gasteiger charge is 2.37. The molecule has 0 aliphatic carbocycles. The molecule has 8 heteroatoms. The Kier molecular flexibility index (Phi) is 12.8. The standard InChI is InChI=1S/C27H45N3O5/c1-8-11-16-28-24(32)23(21-14-12-20(10-3)13-15-21)30(17-18-31)25(33)22(19(4)9-2)29-26(34)35-27(5,6)7/h12-15,19,22-23,31H,8-11,16-18H2,1-7H3,(H,28,32)(H,29,34). The summed E-state index contributed by atoms with van der Waals surface area (Å²) in [6.45, 7) is 13.2. The van der Waals surface area contributed by atoms with Crippen LogP contribution in [0.4, 0.5) is 4.79 Å². The fourth-order valence-corrected chi connectivity index (χ4v) is 3.66. The Morgan fingerprint density at radius 3 is 2.20 bits per heavy atom. The zero-order valence-corrected chi connectivity index (χ0v) is 22.5. The van der Waals surface area contributed by atoms with E-state index in [0.717, 1.165) is 24.8 Å². The number of nitrogens with zero attached hydrogens (tertiary/aromatic N) is 1. The number of ether oxygens (including phenoxy) is 1. The van der Waals surface area contributed by atoms with E-state index in [-0.39, 0.29) is 25.0 Å². The second kappa shape index (κ2) is 14.7. The molecule has 3 amide bonds. The third kappa shape index (κ3) is 9.88. The Hall–Kier alpha value is -2.61. The van der Waals surface area contributed by atoms with Gasteiger partial charge in [0.25, 0.3) is 0 Å². The number of rotatable bonds is 13. The summed E-state index contributed by atoms with van der Waals surface area (Å²) >= 11 is 0. The van der Waals surface area contributed by atoms with Gasteiger partial charge in [0.05, 0.1) is 6.61 Å². The molecule has 8 nitrogen and oxygen atoms in total. The molecule has 0 radical (unpaired) electrons. The minimum absolute atomic E-state index is 0.0524. The molecule has 1 rings (SSSR count). The molecule has 1 aromatic rings. The van der Waals surface area contributed by atoms with Gasteiger partial charge in [-0.3, -0.25) is 9.59 Å². The number of hydrogen-bond donors (Lipinski definition) is 3. The van der Waals surface area contributed by atoms with E-state index in [1.165, 1.54) is 4.90 Å². The summed E-state index contributed by atoms with van der Waals surface area (Å²) in [5, 5.41) is 15.5. The van der Waals surface area contributed by atoms with Crippen molar-refractivity contribution in [3.05, 3.63) is 35.4 Å². The van der Waals surface area contributed by atoms with Crippen molar-refractivity contribution < 1.29 is 24.2 Å². The van der Waals surface area contributed by atoms with Crippen LogP contribution in [0.3, 0.4) is 0 Å². The summed E-state index contributed by atoms with van der Waals surface area (Å²) in [6.07, 6.45) is 2.51. The van der Waals surface area contributed by atoms with Crippen LogP contribution in [0.5, 0.6) is 0 Å². The first-order valence-electron chi connectivity index (χ1n) is 12.8. The van der Waals surface area contributed by atoms with Crippen molar-refractivity contribution >= 4 is 17.9 Å². The maximum Gasteiger partial charge on any atom is 0.408 e. The number of aliphatic hydroxyl groups is 1. The van der Waals surface area contributed by atoms with Gasteiger partial charge in [0.2, 0.25) is 11.8 Å². The number of unbranched alkanes of at least 4 members (excludes halogenated alkanes) is 1. The van der Waals surface area contributed by atoms with E-state index in [2.05, 4.69) is 10.6 Å². The smallest absolute Gasteiger partial charge is 0.408 e. The quantitative estimate of drug-likeness (QED) is 0.362. The number of alkyl carbamates (subject to hydrolysis) is 1. The Labute approximate surface area is 210 Å². The van der Waals surface area contributed by atoms with Crippen molar-refractivity contribution in [3.8, 4) is 0 Å². The molecule has 0 saturated carbocycles. The van der Waals surface area contributed by atoms with Crippen molar-refractivity contribution in [1.82, 2.24) is 15.5 Å². The Morgan fingerprint density at radius 1 is 1.09 bits per heavy atom. The monoisotopic (exact) mass is 491 g/mol. The first-order chi connectivity index (χ1) is 16.5. The second-order valence-electron chi connectivity index (χ2n) is 9.91. The fourth-order valence-electron chi connectivity index (χ4n) is 3.66. The molecule has 3 N–H and O–H groups in total. The molecule has 35 heavy (non-hydrogen) atoms. The van der Waals surface area contributed by atoms with Crippen LogP contribution in [-0.2, 0) is 20.7 Å². The molecule has 0 aliphatic heterocycles. The molecular formula is C27H45N3O5. The normalized spacial score (nSPS) is 13.9. The highest BCUT2D eigenvalue weighted by Crippen LogP contribution is 2.25. The van der Waals surface area contributed by atoms with Crippen LogP contribution in [0.2, 0.25) is 0 Å². The predicted molar refractivity (Wildman–Crippen MR) is 138 cm³/mol. The lowest BCUT2D eigenvalue weighted by atomic mass is 9.95. The number of aryl methyl sites for hydroxylation is 1. The van der Waals surface area contributed by atoms with E-state index in [1.54, 1.807) is 20.8 Å². The molecule has 3 atom stereocenters. The van der Waals surface area contributed by atoms with Gasteiger partial charge in [-0.1, -0.05) is 64.8 Å². The molecule has 0 heterocycles. The fraction of sp³-hybridized carbons (Fsp3) is 0.667. The molecule has 1 aromatic carbocycles. The first kappa shape index (κ1) is 30.4. The summed E-state index contributed by atoms with van der Waals surface area (Å²) in [4.78, 5) is 41.2. The van der Waals surface area contributed by atoms with Crippen molar-refractivity contribution in [2.45, 2.75) is 91.8 Å². The molecular weight excluding hydrogens is 446 g/mol. The minimum atomic E-state index is -0.940. The van der Waals surface area contributed by atoms with Gasteiger partial charge in [0, 0.05) is 13.1 Å². The summed E-state index contributed by atoms with van der Waals surface area (Å²) in [5.41, 5.74) is 1.04. The third-order valence-corrected chi connectivity index (χ3v) is 5.87. The van der Waals surface area contributed by atoms with Gasteiger partial charge < -0.3 is 25.4 Å². The van der Waals surface area contributed by atoms with Crippen molar-refractivity contribution in [3.63, 3.8) is 0 Å². The molecule has 3 unspecified atom stereocenters. The van der Waals surface area contributed by atoms with Gasteiger partial charge in [-0.15, -0.1) is 0 Å². The van der Waals surface area contributed by atoms with E-state index < -0.39 is 29.7 Å². The Balaban J connectivity index is 3.40. The maximum absolute atomic E-state index is 13.9. The van der Waals surface area contributed by atoms with Gasteiger partial charge in [0.1, 0.15) is 17.7 Å². The predicted octanol–water partition coefficient (Wildman–Crippen LogP) is 3.97. The number of amides is 3. The summed E-state index contributed by atoms with van der Waals surface area (Å²) in [6, 6.07) is 5.72. The Morgan fingerprint density at radius 2 is 1.71 bits per heavy atom. The molecule has 0 aromatic heterocycles.